The number of nitrogens with zero attached hydrogens (tertiary/aromatic N) is 1. The predicted octanol–water partition coefficient (Wildman–Crippen LogP) is 1.46. The average Bonchev–Trinajstić information content (AvgIpc) is 3.17. The molecule has 124 valence electrons. The molecule has 23 heavy (non-hydrogen) atoms. The summed E-state index contributed by atoms with van der Waals surface area (Å²) in [6.07, 6.45) is 1.50. The largest absolute Gasteiger partial charge is 0.464 e. The van der Waals surface area contributed by atoms with Gasteiger partial charge in [-0.3, -0.25) is 9.89 Å². The van der Waals surface area contributed by atoms with E-state index in [-0.39, 0.29) is 11.9 Å². The number of nitrogens with one attached hydrogen (secondary N) is 3. The van der Waals surface area contributed by atoms with Crippen LogP contribution < -0.4 is 10.6 Å². The normalized spacial score (nSPS) is 15.2. The Balaban J connectivity index is 1.76. The van der Waals surface area contributed by atoms with Crippen molar-refractivity contribution in [1.82, 2.24) is 20.8 Å². The second kappa shape index (κ2) is 6.97. The van der Waals surface area contributed by atoms with Gasteiger partial charge >= 0.3 is 0 Å². The highest BCUT2D eigenvalue weighted by Crippen LogP contribution is 2.21. The minimum absolute atomic E-state index is 0.193. The van der Waals surface area contributed by atoms with E-state index in [2.05, 4.69) is 20.8 Å². The number of furan rings is 1. The van der Waals surface area contributed by atoms with Gasteiger partial charge in [0.05, 0.1) is 6.04 Å². The molecule has 0 aliphatic carbocycles. The zero-order chi connectivity index (χ0) is 16.2. The van der Waals surface area contributed by atoms with Gasteiger partial charge in [-0.1, -0.05) is 0 Å². The van der Waals surface area contributed by atoms with E-state index in [9.17, 15) is 4.79 Å². The standard InChI is InChI=1S/C16H22N4O3/c1-10-3-4-14(23-10)13(6-8-22-2)18-16(21)15-11-9-17-7-5-12(11)19-20-15/h3-4,13,17H,5-9H2,1-2H3,(H,18,21)(H,19,20). The molecular weight excluding hydrogens is 296 g/mol. The summed E-state index contributed by atoms with van der Waals surface area (Å²) in [6, 6.07) is 3.54. The summed E-state index contributed by atoms with van der Waals surface area (Å²) in [5.41, 5.74) is 2.45. The highest BCUT2D eigenvalue weighted by molar-refractivity contribution is 5.94. The number of carbonyl (C=O) groups excluding carboxylic acids is 1. The lowest BCUT2D eigenvalue weighted by atomic mass is 10.1. The summed E-state index contributed by atoms with van der Waals surface area (Å²) < 4.78 is 10.8. The number of rotatable bonds is 6. The Hall–Kier alpha value is -2.12. The number of carbonyl (C=O) groups is 1. The van der Waals surface area contributed by atoms with Crippen molar-refractivity contribution in [3.05, 3.63) is 40.6 Å². The molecule has 7 heteroatoms. The Morgan fingerprint density at radius 1 is 1.52 bits per heavy atom. The minimum Gasteiger partial charge on any atom is -0.464 e. The molecule has 1 aliphatic heterocycles. The number of ether oxygens (including phenoxy) is 1. The fourth-order valence-electron chi connectivity index (χ4n) is 2.80. The first-order valence-corrected chi connectivity index (χ1v) is 7.82. The van der Waals surface area contributed by atoms with Crippen LogP contribution in [0.15, 0.2) is 16.5 Å². The lowest BCUT2D eigenvalue weighted by molar-refractivity contribution is 0.0910. The fourth-order valence-corrected chi connectivity index (χ4v) is 2.80. The van der Waals surface area contributed by atoms with Crippen LogP contribution >= 0.6 is 0 Å². The molecule has 0 fully saturated rings. The van der Waals surface area contributed by atoms with Crippen molar-refractivity contribution in [3.8, 4) is 0 Å². The maximum Gasteiger partial charge on any atom is 0.272 e. The molecule has 3 heterocycles. The molecule has 0 saturated heterocycles. The molecule has 0 radical (unpaired) electrons. The van der Waals surface area contributed by atoms with Gasteiger partial charge in [-0.2, -0.15) is 5.10 Å². The highest BCUT2D eigenvalue weighted by Gasteiger charge is 2.25. The molecule has 7 nitrogen and oxygen atoms in total. The maximum absolute atomic E-state index is 12.6. The van der Waals surface area contributed by atoms with Crippen LogP contribution in [0, 0.1) is 6.92 Å². The average molecular weight is 318 g/mol. The number of aromatic nitrogens is 2. The molecule has 2 aromatic rings. The van der Waals surface area contributed by atoms with Gasteiger partial charge in [-0.25, -0.2) is 0 Å². The summed E-state index contributed by atoms with van der Waals surface area (Å²) >= 11 is 0. The fraction of sp³-hybridized carbons (Fsp3) is 0.500. The van der Waals surface area contributed by atoms with Crippen LogP contribution in [-0.2, 0) is 17.7 Å². The number of fused-ring (bicyclic) bond motifs is 1. The van der Waals surface area contributed by atoms with E-state index in [1.54, 1.807) is 7.11 Å². The van der Waals surface area contributed by atoms with E-state index in [1.165, 1.54) is 0 Å². The number of H-pyrrole nitrogens is 1. The van der Waals surface area contributed by atoms with E-state index in [1.807, 2.05) is 19.1 Å². The molecule has 1 unspecified atom stereocenters. The SMILES string of the molecule is COCCC(NC(=O)c1n[nH]c2c1CNCC2)c1ccc(C)o1. The van der Waals surface area contributed by atoms with E-state index in [0.29, 0.717) is 25.3 Å². The van der Waals surface area contributed by atoms with E-state index in [4.69, 9.17) is 9.15 Å². The van der Waals surface area contributed by atoms with Gasteiger partial charge in [-0.15, -0.1) is 0 Å². The third-order valence-corrected chi connectivity index (χ3v) is 4.04. The van der Waals surface area contributed by atoms with Gasteiger partial charge in [0.1, 0.15) is 11.5 Å². The Morgan fingerprint density at radius 2 is 2.39 bits per heavy atom. The topological polar surface area (TPSA) is 92.2 Å². The van der Waals surface area contributed by atoms with Crippen molar-refractivity contribution >= 4 is 5.91 Å². The molecule has 3 N–H and O–H groups in total. The first-order valence-electron chi connectivity index (χ1n) is 7.82. The molecule has 1 aliphatic rings. The van der Waals surface area contributed by atoms with Gasteiger partial charge in [0.25, 0.3) is 5.91 Å². The summed E-state index contributed by atoms with van der Waals surface area (Å²) in [7, 11) is 1.64. The van der Waals surface area contributed by atoms with Gasteiger partial charge in [0, 0.05) is 44.5 Å². The molecule has 0 aromatic carbocycles. The smallest absolute Gasteiger partial charge is 0.272 e. The Kier molecular flexibility index (Phi) is 4.78. The molecule has 0 spiro atoms. The molecule has 0 bridgehead atoms. The van der Waals surface area contributed by atoms with Crippen LogP contribution in [0.3, 0.4) is 0 Å². The Bertz CT molecular complexity index is 677. The molecule has 1 atom stereocenters. The third kappa shape index (κ3) is 3.46. The summed E-state index contributed by atoms with van der Waals surface area (Å²) in [5, 5.41) is 13.4. The number of amides is 1. The molecule has 3 rings (SSSR count). The first-order chi connectivity index (χ1) is 11.2. The van der Waals surface area contributed by atoms with E-state index < -0.39 is 0 Å². The molecule has 1 amide bonds. The quantitative estimate of drug-likeness (QED) is 0.750. The number of hydrogen-bond donors (Lipinski definition) is 3. The molecular formula is C16H22N4O3. The van der Waals surface area contributed by atoms with Crippen LogP contribution in [0.25, 0.3) is 0 Å². The van der Waals surface area contributed by atoms with Crippen LogP contribution in [0.4, 0.5) is 0 Å². The second-order valence-electron chi connectivity index (χ2n) is 5.71. The number of aryl methyl sites for hydroxylation is 1. The summed E-state index contributed by atoms with van der Waals surface area (Å²) in [4.78, 5) is 12.6. The van der Waals surface area contributed by atoms with Gasteiger partial charge in [-0.05, 0) is 25.5 Å². The van der Waals surface area contributed by atoms with Crippen LogP contribution in [0.2, 0.25) is 0 Å². The monoisotopic (exact) mass is 318 g/mol. The first kappa shape index (κ1) is 15.8. The van der Waals surface area contributed by atoms with Gasteiger partial charge < -0.3 is 19.8 Å². The molecule has 0 saturated carbocycles. The Morgan fingerprint density at radius 3 is 3.13 bits per heavy atom. The van der Waals surface area contributed by atoms with Crippen molar-refractivity contribution in [2.24, 2.45) is 0 Å². The van der Waals surface area contributed by atoms with Gasteiger partial charge in [0.15, 0.2) is 5.69 Å². The summed E-state index contributed by atoms with van der Waals surface area (Å²) in [6.45, 7) is 3.98. The zero-order valence-electron chi connectivity index (χ0n) is 13.4. The maximum atomic E-state index is 12.6. The van der Waals surface area contributed by atoms with E-state index >= 15 is 0 Å². The third-order valence-electron chi connectivity index (χ3n) is 4.04. The number of hydrogen-bond acceptors (Lipinski definition) is 5. The van der Waals surface area contributed by atoms with Crippen LogP contribution in [0.1, 0.15) is 45.7 Å². The highest BCUT2D eigenvalue weighted by atomic mass is 16.5. The zero-order valence-corrected chi connectivity index (χ0v) is 13.4. The lowest BCUT2D eigenvalue weighted by Gasteiger charge is -2.17. The van der Waals surface area contributed by atoms with Crippen molar-refractivity contribution in [2.75, 3.05) is 20.3 Å². The Labute approximate surface area is 134 Å². The van der Waals surface area contributed by atoms with Crippen molar-refractivity contribution in [1.29, 1.82) is 0 Å². The second-order valence-corrected chi connectivity index (χ2v) is 5.71. The van der Waals surface area contributed by atoms with E-state index in [0.717, 1.165) is 35.7 Å². The lowest BCUT2D eigenvalue weighted by Crippen LogP contribution is -2.31. The predicted molar refractivity (Wildman–Crippen MR) is 84.1 cm³/mol. The van der Waals surface area contributed by atoms with Crippen molar-refractivity contribution in [2.45, 2.75) is 32.4 Å². The summed E-state index contributed by atoms with van der Waals surface area (Å²) in [5.74, 6) is 1.36. The van der Waals surface area contributed by atoms with Crippen molar-refractivity contribution < 1.29 is 13.9 Å². The molecule has 2 aromatic heterocycles. The minimum atomic E-state index is -0.236. The van der Waals surface area contributed by atoms with Gasteiger partial charge in [0.2, 0.25) is 0 Å². The van der Waals surface area contributed by atoms with Crippen LogP contribution in [0.5, 0.6) is 0 Å². The van der Waals surface area contributed by atoms with Crippen LogP contribution in [-0.4, -0.2) is 36.4 Å². The van der Waals surface area contributed by atoms with Crippen molar-refractivity contribution in [3.63, 3.8) is 0 Å². The number of aromatic amines is 1. The number of methoxy groups -OCH3 is 1.